The zero-order valence-electron chi connectivity index (χ0n) is 32.8. The standard InChI is InChI=1S/C42H54N6O5S/c1-9-47-33-15-14-26-18-28(33)29(38(47)27-12-10-16-43-37(27)25(5)52-8)20-42(6,7)22-53-41(51)30-13-11-17-48(46-30)40(50)31(19-34-44-32(26)21-54-34)45-39(49)36-24(4)35(36)23(2)3/h10,12,14-16,18,21,23-25,30-31,35-36,46H,9,11,13,17,19-20,22H2,1-8H3,(H,45,49)/t24-,25-,30-,31-,35?,36-/m0/s1. The summed E-state index contributed by atoms with van der Waals surface area (Å²) in [6.07, 6.45) is 3.64. The number of cyclic esters (lactones) is 1. The summed E-state index contributed by atoms with van der Waals surface area (Å²) in [4.78, 5) is 51.4. The molecule has 6 atom stereocenters. The first-order chi connectivity index (χ1) is 25.8. The molecule has 288 valence electrons. The molecule has 1 unspecified atom stereocenters. The summed E-state index contributed by atoms with van der Waals surface area (Å²) in [6.45, 7) is 16.2. The van der Waals surface area contributed by atoms with Crippen molar-refractivity contribution in [2.24, 2.45) is 29.1 Å². The molecule has 1 aromatic carbocycles. The van der Waals surface area contributed by atoms with Crippen molar-refractivity contribution < 1.29 is 23.9 Å². The number of carbonyl (C=O) groups is 3. The lowest BCUT2D eigenvalue weighted by Gasteiger charge is -2.35. The van der Waals surface area contributed by atoms with E-state index >= 15 is 0 Å². The number of thiazole rings is 1. The van der Waals surface area contributed by atoms with E-state index in [1.807, 2.05) is 24.6 Å². The molecule has 6 bridgehead atoms. The Morgan fingerprint density at radius 1 is 1.20 bits per heavy atom. The molecule has 1 saturated carbocycles. The van der Waals surface area contributed by atoms with Crippen molar-refractivity contribution in [1.82, 2.24) is 30.3 Å². The number of fused-ring (bicyclic) bond motifs is 6. The van der Waals surface area contributed by atoms with Crippen LogP contribution in [0.15, 0.2) is 41.9 Å². The predicted molar refractivity (Wildman–Crippen MR) is 210 cm³/mol. The fourth-order valence-electron chi connectivity index (χ4n) is 8.76. The molecular weight excluding hydrogens is 701 g/mol. The zero-order valence-corrected chi connectivity index (χ0v) is 33.6. The van der Waals surface area contributed by atoms with E-state index in [1.54, 1.807) is 7.11 Å². The van der Waals surface area contributed by atoms with E-state index in [2.05, 4.69) is 81.1 Å². The maximum Gasteiger partial charge on any atom is 0.324 e. The number of hydrogen-bond donors (Lipinski definition) is 2. The molecule has 2 aliphatic heterocycles. The number of nitrogens with zero attached hydrogens (tertiary/aromatic N) is 4. The summed E-state index contributed by atoms with van der Waals surface area (Å²) in [6, 6.07) is 9.05. The van der Waals surface area contributed by atoms with Crippen molar-refractivity contribution in [2.75, 3.05) is 20.3 Å². The molecule has 2 N–H and O–H groups in total. The lowest BCUT2D eigenvalue weighted by molar-refractivity contribution is -0.155. The highest BCUT2D eigenvalue weighted by Crippen LogP contribution is 2.50. The number of rotatable bonds is 7. The molecule has 2 amide bonds. The van der Waals surface area contributed by atoms with Gasteiger partial charge in [0, 0.05) is 71.6 Å². The Hall–Kier alpha value is -4.13. The normalized spacial score (nSPS) is 25.0. The number of aromatic nitrogens is 3. The monoisotopic (exact) mass is 754 g/mol. The first-order valence-corrected chi connectivity index (χ1v) is 20.3. The molecule has 11 nitrogen and oxygen atoms in total. The summed E-state index contributed by atoms with van der Waals surface area (Å²) in [5.74, 6) is 0.0455. The fourth-order valence-corrected chi connectivity index (χ4v) is 9.61. The van der Waals surface area contributed by atoms with E-state index in [4.69, 9.17) is 19.4 Å². The number of pyridine rings is 1. The topological polar surface area (TPSA) is 128 Å². The van der Waals surface area contributed by atoms with Crippen LogP contribution in [0.2, 0.25) is 0 Å². The minimum Gasteiger partial charge on any atom is -0.464 e. The van der Waals surface area contributed by atoms with Gasteiger partial charge >= 0.3 is 5.97 Å². The van der Waals surface area contributed by atoms with E-state index in [0.717, 1.165) is 56.2 Å². The van der Waals surface area contributed by atoms with E-state index < -0.39 is 17.5 Å². The number of methoxy groups -OCH3 is 1. The van der Waals surface area contributed by atoms with Gasteiger partial charge in [0.2, 0.25) is 5.91 Å². The van der Waals surface area contributed by atoms with Gasteiger partial charge in [0.1, 0.15) is 12.1 Å². The van der Waals surface area contributed by atoms with Gasteiger partial charge in [-0.15, -0.1) is 11.3 Å². The molecule has 5 heterocycles. The predicted octanol–water partition coefficient (Wildman–Crippen LogP) is 6.74. The van der Waals surface area contributed by atoms with Crippen LogP contribution in [0.5, 0.6) is 0 Å². The number of hydrogen-bond acceptors (Lipinski definition) is 9. The van der Waals surface area contributed by atoms with E-state index in [1.165, 1.54) is 16.3 Å². The number of benzene rings is 1. The minimum atomic E-state index is -0.837. The molecule has 0 radical (unpaired) electrons. The Balaban J connectivity index is 1.33. The summed E-state index contributed by atoms with van der Waals surface area (Å²) in [5, 5.41) is 8.52. The van der Waals surface area contributed by atoms with E-state index in [9.17, 15) is 14.4 Å². The van der Waals surface area contributed by atoms with Crippen LogP contribution in [0.3, 0.4) is 0 Å². The Morgan fingerprint density at radius 3 is 2.72 bits per heavy atom. The number of hydrazine groups is 1. The molecule has 1 aliphatic carbocycles. The summed E-state index contributed by atoms with van der Waals surface area (Å²) in [7, 11) is 1.70. The summed E-state index contributed by atoms with van der Waals surface area (Å²) >= 11 is 1.49. The number of amides is 2. The van der Waals surface area contributed by atoms with E-state index in [-0.39, 0.29) is 48.8 Å². The number of nitrogens with one attached hydrogen (secondary N) is 2. The van der Waals surface area contributed by atoms with Crippen molar-refractivity contribution in [3.63, 3.8) is 0 Å². The van der Waals surface area contributed by atoms with Crippen molar-refractivity contribution in [1.29, 1.82) is 0 Å². The Labute approximate surface area is 322 Å². The molecule has 54 heavy (non-hydrogen) atoms. The third-order valence-electron chi connectivity index (χ3n) is 11.7. The lowest BCUT2D eigenvalue weighted by atomic mass is 9.84. The lowest BCUT2D eigenvalue weighted by Crippen LogP contribution is -2.60. The van der Waals surface area contributed by atoms with Crippen molar-refractivity contribution in [2.45, 2.75) is 98.9 Å². The van der Waals surface area contributed by atoms with Crippen molar-refractivity contribution in [3.05, 3.63) is 58.2 Å². The second kappa shape index (κ2) is 15.2. The molecule has 3 aliphatic rings. The van der Waals surface area contributed by atoms with Gasteiger partial charge in [0.25, 0.3) is 5.91 Å². The number of carbonyl (C=O) groups excluding carboxylic acids is 3. The SMILES string of the molecule is CCn1c(-c2cccnc2[C@H](C)OC)c2c3cc(ccc31)-c1csc(n1)C[C@H](NC(=O)[C@@H]1C(C(C)C)[C@@H]1C)C(=O)N1CCC[C@H](N1)C(=O)OCC(C)(C)C2. The maximum atomic E-state index is 14.2. The first kappa shape index (κ1) is 38.2. The van der Waals surface area contributed by atoms with Gasteiger partial charge in [-0.05, 0) is 80.7 Å². The molecule has 3 aromatic heterocycles. The van der Waals surface area contributed by atoms with Crippen LogP contribution in [0.25, 0.3) is 33.4 Å². The molecule has 2 fully saturated rings. The third kappa shape index (κ3) is 7.32. The smallest absolute Gasteiger partial charge is 0.324 e. The molecule has 1 saturated heterocycles. The van der Waals surface area contributed by atoms with Crippen LogP contribution < -0.4 is 10.7 Å². The van der Waals surface area contributed by atoms with Crippen LogP contribution in [0.1, 0.15) is 83.7 Å². The van der Waals surface area contributed by atoms with E-state index in [0.29, 0.717) is 37.6 Å². The van der Waals surface area contributed by atoms with Gasteiger partial charge in [-0.3, -0.25) is 24.4 Å². The second-order valence-electron chi connectivity index (χ2n) is 16.5. The van der Waals surface area contributed by atoms with Crippen LogP contribution in [-0.4, -0.2) is 69.7 Å². The molecule has 0 spiro atoms. The third-order valence-corrected chi connectivity index (χ3v) is 12.5. The van der Waals surface area contributed by atoms with Crippen molar-refractivity contribution >= 4 is 40.0 Å². The fraction of sp³-hybridized carbons (Fsp3) is 0.548. The van der Waals surface area contributed by atoms with Gasteiger partial charge in [-0.25, -0.2) is 10.4 Å². The van der Waals surface area contributed by atoms with Gasteiger partial charge in [-0.1, -0.05) is 40.7 Å². The summed E-state index contributed by atoms with van der Waals surface area (Å²) < 4.78 is 14.2. The van der Waals surface area contributed by atoms with Crippen molar-refractivity contribution in [3.8, 4) is 22.5 Å². The Morgan fingerprint density at radius 2 is 2.00 bits per heavy atom. The average molecular weight is 755 g/mol. The minimum absolute atomic E-state index is 0.0976. The number of ether oxygens (including phenoxy) is 2. The Bertz CT molecular complexity index is 2050. The highest BCUT2D eigenvalue weighted by Gasteiger charge is 2.53. The van der Waals surface area contributed by atoms with Gasteiger partial charge in [0.15, 0.2) is 0 Å². The van der Waals surface area contributed by atoms with Gasteiger partial charge in [-0.2, -0.15) is 0 Å². The summed E-state index contributed by atoms with van der Waals surface area (Å²) in [5.41, 5.74) is 9.70. The molecule has 7 rings (SSSR count). The molecular formula is C42H54N6O5S. The Kier molecular flexibility index (Phi) is 10.7. The highest BCUT2D eigenvalue weighted by molar-refractivity contribution is 7.10. The maximum absolute atomic E-state index is 14.2. The van der Waals surface area contributed by atoms with Crippen LogP contribution in [-0.2, 0) is 43.2 Å². The quantitative estimate of drug-likeness (QED) is 0.199. The first-order valence-electron chi connectivity index (χ1n) is 19.4. The van der Waals surface area contributed by atoms with Crippen LogP contribution in [0.4, 0.5) is 0 Å². The zero-order chi connectivity index (χ0) is 38.5. The molecule has 4 aromatic rings. The van der Waals surface area contributed by atoms with Gasteiger partial charge < -0.3 is 19.4 Å². The number of esters is 1. The second-order valence-corrected chi connectivity index (χ2v) is 17.4. The van der Waals surface area contributed by atoms with Gasteiger partial charge in [0.05, 0.1) is 34.8 Å². The van der Waals surface area contributed by atoms with Crippen LogP contribution in [0, 0.1) is 29.1 Å². The van der Waals surface area contributed by atoms with Crippen LogP contribution >= 0.6 is 11.3 Å². The average Bonchev–Trinajstić information content (AvgIpc) is 3.48. The largest absolute Gasteiger partial charge is 0.464 e. The molecule has 12 heteroatoms. The highest BCUT2D eigenvalue weighted by atomic mass is 32.1. The number of aryl methyl sites for hydroxylation is 1.